The Morgan fingerprint density at radius 2 is 2.08 bits per heavy atom. The first-order valence-corrected chi connectivity index (χ1v) is 14.3. The van der Waals surface area contributed by atoms with Crippen molar-refractivity contribution >= 4 is 11.6 Å². The van der Waals surface area contributed by atoms with Gasteiger partial charge in [0.25, 0.3) is 5.91 Å². The first kappa shape index (κ1) is 28.3. The van der Waals surface area contributed by atoms with Crippen molar-refractivity contribution in [3.63, 3.8) is 0 Å². The van der Waals surface area contributed by atoms with Gasteiger partial charge >= 0.3 is 0 Å². The second kappa shape index (κ2) is 12.5. The molecule has 3 N–H and O–H groups in total. The Hall–Kier alpha value is -3.27. The Balaban J connectivity index is 1.42. The molecule has 1 saturated carbocycles. The molecule has 9 heteroatoms. The largest absolute Gasteiger partial charge is 0.385 e. The maximum Gasteiger partial charge on any atom is 0.275 e. The summed E-state index contributed by atoms with van der Waals surface area (Å²) in [5.74, 6) is -0.388. The van der Waals surface area contributed by atoms with E-state index in [-0.39, 0.29) is 30.4 Å². The first-order valence-electron chi connectivity index (χ1n) is 14.3. The van der Waals surface area contributed by atoms with Gasteiger partial charge in [-0.25, -0.2) is 9.37 Å². The van der Waals surface area contributed by atoms with Crippen molar-refractivity contribution in [2.24, 2.45) is 0 Å². The Kier molecular flexibility index (Phi) is 8.83. The molecule has 5 rings (SSSR count). The minimum absolute atomic E-state index is 0.0449. The summed E-state index contributed by atoms with van der Waals surface area (Å²) in [5.41, 5.74) is 2.74. The number of hydrogen-bond acceptors (Lipinski definition) is 6. The number of amides is 1. The highest BCUT2D eigenvalue weighted by molar-refractivity contribution is 5.98. The number of aryl methyl sites for hydroxylation is 1. The van der Waals surface area contributed by atoms with Crippen molar-refractivity contribution in [1.29, 1.82) is 0 Å². The van der Waals surface area contributed by atoms with Crippen LogP contribution in [0.2, 0.25) is 0 Å². The van der Waals surface area contributed by atoms with Crippen LogP contribution in [0.4, 0.5) is 10.1 Å². The van der Waals surface area contributed by atoms with Gasteiger partial charge in [0, 0.05) is 50.6 Å². The van der Waals surface area contributed by atoms with Crippen molar-refractivity contribution < 1.29 is 19.0 Å². The number of hydrogen-bond donors (Lipinski definition) is 3. The molecule has 0 bridgehead atoms. The zero-order valence-electron chi connectivity index (χ0n) is 23.4. The fourth-order valence-electron chi connectivity index (χ4n) is 6.24. The molecule has 2 aliphatic rings. The number of rotatable bonds is 9. The van der Waals surface area contributed by atoms with Crippen LogP contribution < -0.4 is 10.6 Å². The quantitative estimate of drug-likeness (QED) is 0.366. The van der Waals surface area contributed by atoms with Crippen LogP contribution in [-0.2, 0) is 4.74 Å². The maximum atomic E-state index is 14.2. The number of benzene rings is 2. The van der Waals surface area contributed by atoms with E-state index in [0.717, 1.165) is 41.8 Å². The van der Waals surface area contributed by atoms with Crippen LogP contribution in [-0.4, -0.2) is 77.0 Å². The summed E-state index contributed by atoms with van der Waals surface area (Å²) in [4.78, 5) is 20.8. The number of nitrogens with zero attached hydrogens (tertiary/aromatic N) is 3. The van der Waals surface area contributed by atoms with Gasteiger partial charge in [-0.05, 0) is 43.9 Å². The molecule has 2 fully saturated rings. The molecular formula is C31H40FN5O3. The summed E-state index contributed by atoms with van der Waals surface area (Å²) in [6, 6.07) is 14.3. The number of methoxy groups -OCH3 is 1. The molecule has 8 nitrogen and oxygen atoms in total. The molecule has 1 saturated heterocycles. The average Bonchev–Trinajstić information content (AvgIpc) is 3.40. The summed E-state index contributed by atoms with van der Waals surface area (Å²) >= 11 is 0. The van der Waals surface area contributed by atoms with Crippen LogP contribution in [0.25, 0.3) is 11.3 Å². The Labute approximate surface area is 235 Å². The third-order valence-electron chi connectivity index (χ3n) is 8.33. The second-order valence-electron chi connectivity index (χ2n) is 11.0. The Bertz CT molecular complexity index is 1300. The van der Waals surface area contributed by atoms with Crippen LogP contribution in [0.5, 0.6) is 0 Å². The molecule has 2 heterocycles. The number of halogens is 1. The molecule has 214 valence electrons. The molecule has 3 aromatic rings. The fraction of sp³-hybridized carbons (Fsp3) is 0.484. The van der Waals surface area contributed by atoms with E-state index in [1.54, 1.807) is 19.5 Å². The van der Waals surface area contributed by atoms with E-state index in [9.17, 15) is 14.3 Å². The zero-order chi connectivity index (χ0) is 28.1. The minimum Gasteiger partial charge on any atom is -0.385 e. The molecule has 1 amide bonds. The van der Waals surface area contributed by atoms with Gasteiger partial charge in [0.15, 0.2) is 5.69 Å². The normalized spacial score (nSPS) is 23.2. The summed E-state index contributed by atoms with van der Waals surface area (Å²) < 4.78 is 21.2. The minimum atomic E-state index is -1.03. The molecule has 1 aromatic heterocycles. The number of carbonyl (C=O) groups is 1. The van der Waals surface area contributed by atoms with Gasteiger partial charge in [0.2, 0.25) is 0 Å². The number of ether oxygens (including phenoxy) is 1. The summed E-state index contributed by atoms with van der Waals surface area (Å²) in [6.07, 6.45) is 5.76. The van der Waals surface area contributed by atoms with Crippen molar-refractivity contribution in [1.82, 2.24) is 19.8 Å². The lowest BCUT2D eigenvalue weighted by Crippen LogP contribution is -2.54. The van der Waals surface area contributed by atoms with E-state index in [0.29, 0.717) is 44.7 Å². The number of aromatic nitrogens is 2. The predicted octanol–water partition coefficient (Wildman–Crippen LogP) is 4.41. The SMILES string of the molecule is COC[C@]1(O)CCCC[C@H]1n1cnc(C(=O)N2CCNC[C@H]2CCNc2cc(F)ccc2C)c1-c1ccccc1. The van der Waals surface area contributed by atoms with Gasteiger partial charge in [0.05, 0.1) is 24.7 Å². The van der Waals surface area contributed by atoms with E-state index in [1.807, 2.05) is 46.7 Å². The smallest absolute Gasteiger partial charge is 0.275 e. The lowest BCUT2D eigenvalue weighted by molar-refractivity contribution is -0.0893. The van der Waals surface area contributed by atoms with E-state index >= 15 is 0 Å². The molecular weight excluding hydrogens is 509 g/mol. The number of piperazine rings is 1. The Morgan fingerprint density at radius 3 is 2.88 bits per heavy atom. The molecule has 0 spiro atoms. The van der Waals surface area contributed by atoms with Crippen molar-refractivity contribution in [3.8, 4) is 11.3 Å². The molecule has 3 atom stereocenters. The number of carbonyl (C=O) groups excluding carboxylic acids is 1. The lowest BCUT2D eigenvalue weighted by Gasteiger charge is -2.41. The third kappa shape index (κ3) is 5.92. The highest BCUT2D eigenvalue weighted by atomic mass is 19.1. The fourth-order valence-corrected chi connectivity index (χ4v) is 6.24. The average molecular weight is 550 g/mol. The van der Waals surface area contributed by atoms with Crippen molar-refractivity contribution in [3.05, 3.63) is 71.9 Å². The van der Waals surface area contributed by atoms with Crippen LogP contribution >= 0.6 is 0 Å². The summed E-state index contributed by atoms with van der Waals surface area (Å²) in [5, 5.41) is 18.4. The standard InChI is InChI=1S/C31H40FN5O3/c1-22-11-12-24(32)18-26(22)34-15-13-25-19-33-16-17-36(25)30(38)28-29(23-8-4-3-5-9-23)37(21-35-28)27-10-6-7-14-31(27,39)20-40-2/h3-5,8-9,11-12,18,21,25,27,33-34,39H,6-7,10,13-17,19-20H2,1-2H3/t25-,27-,31-/m1/s1. The zero-order valence-corrected chi connectivity index (χ0v) is 23.4. The number of aliphatic hydroxyl groups is 1. The maximum absolute atomic E-state index is 14.2. The van der Waals surface area contributed by atoms with E-state index in [2.05, 4.69) is 10.6 Å². The van der Waals surface area contributed by atoms with Gasteiger partial charge in [0.1, 0.15) is 11.4 Å². The molecule has 1 aliphatic heterocycles. The highest BCUT2D eigenvalue weighted by Gasteiger charge is 2.42. The second-order valence-corrected chi connectivity index (χ2v) is 11.0. The van der Waals surface area contributed by atoms with E-state index < -0.39 is 5.60 Å². The van der Waals surface area contributed by atoms with Gasteiger partial charge in [-0.15, -0.1) is 0 Å². The topological polar surface area (TPSA) is 91.6 Å². The van der Waals surface area contributed by atoms with E-state index in [4.69, 9.17) is 9.72 Å². The summed E-state index contributed by atoms with van der Waals surface area (Å²) in [7, 11) is 1.61. The molecule has 40 heavy (non-hydrogen) atoms. The van der Waals surface area contributed by atoms with Crippen molar-refractivity contribution in [2.45, 2.75) is 56.7 Å². The number of nitrogens with one attached hydrogen (secondary N) is 2. The van der Waals surface area contributed by atoms with Gasteiger partial charge in [-0.1, -0.05) is 49.2 Å². The van der Waals surface area contributed by atoms with Crippen LogP contribution in [0.15, 0.2) is 54.9 Å². The molecule has 0 unspecified atom stereocenters. The third-order valence-corrected chi connectivity index (χ3v) is 8.33. The van der Waals surface area contributed by atoms with Crippen molar-refractivity contribution in [2.75, 3.05) is 45.2 Å². The van der Waals surface area contributed by atoms with Crippen LogP contribution in [0.3, 0.4) is 0 Å². The number of anilines is 1. The van der Waals surface area contributed by atoms with Crippen LogP contribution in [0.1, 0.15) is 54.2 Å². The van der Waals surface area contributed by atoms with Gasteiger partial charge in [-0.3, -0.25) is 4.79 Å². The molecule has 1 aliphatic carbocycles. The Morgan fingerprint density at radius 1 is 1.25 bits per heavy atom. The van der Waals surface area contributed by atoms with E-state index in [1.165, 1.54) is 12.1 Å². The van der Waals surface area contributed by atoms with Crippen LogP contribution in [0, 0.1) is 12.7 Å². The molecule has 0 radical (unpaired) electrons. The highest BCUT2D eigenvalue weighted by Crippen LogP contribution is 2.41. The van der Waals surface area contributed by atoms with Gasteiger partial charge in [-0.2, -0.15) is 0 Å². The monoisotopic (exact) mass is 549 g/mol. The number of imidazole rings is 1. The van der Waals surface area contributed by atoms with Gasteiger partial charge < -0.3 is 29.9 Å². The summed E-state index contributed by atoms with van der Waals surface area (Å²) in [6.45, 7) is 4.72. The lowest BCUT2D eigenvalue weighted by atomic mass is 9.80. The molecule has 2 aromatic carbocycles. The predicted molar refractivity (Wildman–Crippen MR) is 154 cm³/mol. The first-order chi connectivity index (χ1) is 19.4.